The predicted octanol–water partition coefficient (Wildman–Crippen LogP) is 5.43. The summed E-state index contributed by atoms with van der Waals surface area (Å²) in [6, 6.07) is 11.9. The van der Waals surface area contributed by atoms with Crippen molar-refractivity contribution >= 4 is 0 Å². The molecule has 20 heavy (non-hydrogen) atoms. The van der Waals surface area contributed by atoms with Gasteiger partial charge >= 0.3 is 0 Å². The molecule has 2 aromatic carbocycles. The lowest BCUT2D eigenvalue weighted by atomic mass is 9.79. The lowest BCUT2D eigenvalue weighted by Gasteiger charge is -2.25. The molecule has 0 aromatic heterocycles. The summed E-state index contributed by atoms with van der Waals surface area (Å²) in [6.07, 6.45) is 0. The van der Waals surface area contributed by atoms with Gasteiger partial charge in [-0.05, 0) is 45.4 Å². The topological polar surface area (TPSA) is 0 Å². The quantitative estimate of drug-likeness (QED) is 0.597. The van der Waals surface area contributed by atoms with Gasteiger partial charge in [-0.3, -0.25) is 0 Å². The molecule has 1 heteroatoms. The van der Waals surface area contributed by atoms with Crippen molar-refractivity contribution in [1.29, 1.82) is 0 Å². The van der Waals surface area contributed by atoms with Crippen LogP contribution < -0.4 is 0 Å². The van der Waals surface area contributed by atoms with Crippen molar-refractivity contribution in [2.75, 3.05) is 0 Å². The number of hydrogen-bond donors (Lipinski definition) is 0. The minimum Gasteiger partial charge on any atom is -0.207 e. The van der Waals surface area contributed by atoms with Crippen LogP contribution in [-0.4, -0.2) is 0 Å². The summed E-state index contributed by atoms with van der Waals surface area (Å²) < 4.78 is 13.6. The molecule has 0 atom stereocenters. The zero-order valence-corrected chi connectivity index (χ0v) is 12.8. The largest absolute Gasteiger partial charge is 0.207 e. The predicted molar refractivity (Wildman–Crippen MR) is 82.7 cm³/mol. The first-order valence-electron chi connectivity index (χ1n) is 7.17. The molecular weight excluding hydrogens is 247 g/mol. The summed E-state index contributed by atoms with van der Waals surface area (Å²) in [6.45, 7) is 11.0. The summed E-state index contributed by atoms with van der Waals surface area (Å²) >= 11 is 0. The van der Waals surface area contributed by atoms with E-state index in [4.69, 9.17) is 0 Å². The summed E-state index contributed by atoms with van der Waals surface area (Å²) in [5, 5.41) is 0. The second kappa shape index (κ2) is 3.94. The molecule has 1 aliphatic carbocycles. The third-order valence-electron chi connectivity index (χ3n) is 4.50. The maximum absolute atomic E-state index is 13.6. The average molecular weight is 268 g/mol. The molecule has 0 nitrogen and oxygen atoms in total. The molecule has 0 bridgehead atoms. The number of benzene rings is 2. The highest BCUT2D eigenvalue weighted by atomic mass is 19.1. The van der Waals surface area contributed by atoms with Gasteiger partial charge in [0.1, 0.15) is 5.82 Å². The molecule has 0 unspecified atom stereocenters. The van der Waals surface area contributed by atoms with Gasteiger partial charge in [0.2, 0.25) is 0 Å². The minimum atomic E-state index is -0.152. The maximum Gasteiger partial charge on any atom is 0.123 e. The molecule has 0 heterocycles. The first-order valence-corrected chi connectivity index (χ1v) is 7.17. The van der Waals surface area contributed by atoms with Crippen LogP contribution in [0.2, 0.25) is 0 Å². The van der Waals surface area contributed by atoms with E-state index in [0.29, 0.717) is 0 Å². The molecule has 3 rings (SSSR count). The highest BCUT2D eigenvalue weighted by Gasteiger charge is 2.36. The zero-order chi connectivity index (χ0) is 14.7. The van der Waals surface area contributed by atoms with Crippen LogP contribution in [0.4, 0.5) is 4.39 Å². The molecule has 2 aromatic rings. The molecular formula is C19H21F. The lowest BCUT2D eigenvalue weighted by Crippen LogP contribution is -2.17. The number of rotatable bonds is 0. The van der Waals surface area contributed by atoms with Crippen LogP contribution in [0.1, 0.15) is 51.3 Å². The van der Waals surface area contributed by atoms with Gasteiger partial charge in [0.15, 0.2) is 0 Å². The van der Waals surface area contributed by atoms with Crippen LogP contribution in [0.3, 0.4) is 0 Å². The van der Waals surface area contributed by atoms with Gasteiger partial charge in [-0.15, -0.1) is 0 Å². The van der Waals surface area contributed by atoms with Gasteiger partial charge in [-0.2, -0.15) is 0 Å². The van der Waals surface area contributed by atoms with E-state index in [9.17, 15) is 4.39 Å². The van der Waals surface area contributed by atoms with Gasteiger partial charge < -0.3 is 0 Å². The van der Waals surface area contributed by atoms with Crippen molar-refractivity contribution in [1.82, 2.24) is 0 Å². The molecule has 1 aliphatic rings. The van der Waals surface area contributed by atoms with Crippen molar-refractivity contribution in [2.24, 2.45) is 0 Å². The van der Waals surface area contributed by atoms with Gasteiger partial charge in [-0.25, -0.2) is 4.39 Å². The van der Waals surface area contributed by atoms with Crippen molar-refractivity contribution in [3.05, 3.63) is 58.9 Å². The number of fused-ring (bicyclic) bond motifs is 3. The SMILES string of the molecule is CC(C)(C)c1ccc2c(c1)C(C)(C)c1cc(F)ccc1-2. The second-order valence-corrected chi connectivity index (χ2v) is 7.33. The molecule has 0 fully saturated rings. The van der Waals surface area contributed by atoms with Crippen molar-refractivity contribution in [2.45, 2.75) is 45.4 Å². The van der Waals surface area contributed by atoms with E-state index >= 15 is 0 Å². The summed E-state index contributed by atoms with van der Waals surface area (Å²) in [5.41, 5.74) is 6.16. The zero-order valence-electron chi connectivity index (χ0n) is 12.8. The van der Waals surface area contributed by atoms with Crippen molar-refractivity contribution in [3.63, 3.8) is 0 Å². The Balaban J connectivity index is 2.27. The Hall–Kier alpha value is -1.63. The molecule has 0 saturated carbocycles. The van der Waals surface area contributed by atoms with E-state index in [2.05, 4.69) is 52.8 Å². The lowest BCUT2D eigenvalue weighted by molar-refractivity contribution is 0.583. The fourth-order valence-electron chi connectivity index (χ4n) is 3.18. The molecule has 0 aliphatic heterocycles. The molecule has 0 radical (unpaired) electrons. The average Bonchev–Trinajstić information content (AvgIpc) is 2.57. The van der Waals surface area contributed by atoms with Crippen LogP contribution in [0, 0.1) is 5.82 Å². The highest BCUT2D eigenvalue weighted by Crippen LogP contribution is 2.49. The fourth-order valence-corrected chi connectivity index (χ4v) is 3.18. The van der Waals surface area contributed by atoms with Crippen LogP contribution >= 0.6 is 0 Å². The third-order valence-corrected chi connectivity index (χ3v) is 4.50. The first-order chi connectivity index (χ1) is 9.21. The molecule has 0 saturated heterocycles. The van der Waals surface area contributed by atoms with E-state index in [1.165, 1.54) is 22.3 Å². The van der Waals surface area contributed by atoms with Gasteiger partial charge in [0.05, 0.1) is 0 Å². The summed E-state index contributed by atoms with van der Waals surface area (Å²) in [4.78, 5) is 0. The molecule has 104 valence electrons. The smallest absolute Gasteiger partial charge is 0.123 e. The normalized spacial score (nSPS) is 15.9. The third kappa shape index (κ3) is 1.80. The number of hydrogen-bond acceptors (Lipinski definition) is 0. The monoisotopic (exact) mass is 268 g/mol. The van der Waals surface area contributed by atoms with Gasteiger partial charge in [0.25, 0.3) is 0 Å². The Morgan fingerprint density at radius 2 is 1.40 bits per heavy atom. The molecule has 0 spiro atoms. The van der Waals surface area contributed by atoms with E-state index in [1.807, 2.05) is 6.07 Å². The Morgan fingerprint density at radius 1 is 0.850 bits per heavy atom. The van der Waals surface area contributed by atoms with Crippen molar-refractivity contribution < 1.29 is 4.39 Å². The first kappa shape index (κ1) is 13.4. The Morgan fingerprint density at radius 3 is 2.00 bits per heavy atom. The van der Waals surface area contributed by atoms with Crippen LogP contribution in [-0.2, 0) is 10.8 Å². The highest BCUT2D eigenvalue weighted by molar-refractivity contribution is 5.81. The fraction of sp³-hybridized carbons (Fsp3) is 0.368. The second-order valence-electron chi connectivity index (χ2n) is 7.33. The maximum atomic E-state index is 13.6. The van der Waals surface area contributed by atoms with E-state index in [0.717, 1.165) is 5.56 Å². The summed E-state index contributed by atoms with van der Waals surface area (Å²) in [7, 11) is 0. The Labute approximate surface area is 120 Å². The molecule has 0 N–H and O–H groups in total. The van der Waals surface area contributed by atoms with E-state index < -0.39 is 0 Å². The van der Waals surface area contributed by atoms with Crippen LogP contribution in [0.15, 0.2) is 36.4 Å². The van der Waals surface area contributed by atoms with Crippen molar-refractivity contribution in [3.8, 4) is 11.1 Å². The van der Waals surface area contributed by atoms with E-state index in [-0.39, 0.29) is 16.6 Å². The Kier molecular flexibility index (Phi) is 2.63. The van der Waals surface area contributed by atoms with Gasteiger partial charge in [-0.1, -0.05) is 58.9 Å². The summed E-state index contributed by atoms with van der Waals surface area (Å²) in [5.74, 6) is -0.152. The number of halogens is 1. The molecule has 0 amide bonds. The van der Waals surface area contributed by atoms with Gasteiger partial charge in [0, 0.05) is 5.41 Å². The van der Waals surface area contributed by atoms with E-state index in [1.54, 1.807) is 12.1 Å². The Bertz CT molecular complexity index is 687. The minimum absolute atomic E-state index is 0.130. The van der Waals surface area contributed by atoms with Crippen LogP contribution in [0.25, 0.3) is 11.1 Å². The van der Waals surface area contributed by atoms with Crippen LogP contribution in [0.5, 0.6) is 0 Å². The standard InChI is InChI=1S/C19H21F/c1-18(2,3)12-6-8-14-15-9-7-13(20)11-17(15)19(4,5)16(14)10-12/h6-11H,1-5H3.